The van der Waals surface area contributed by atoms with E-state index < -0.39 is 6.10 Å². The Morgan fingerprint density at radius 3 is 2.73 bits per heavy atom. The fraction of sp³-hybridized carbons (Fsp3) is 0.727. The Morgan fingerprint density at radius 1 is 1.53 bits per heavy atom. The summed E-state index contributed by atoms with van der Waals surface area (Å²) in [7, 11) is 0. The number of aryl methyl sites for hydroxylation is 1. The van der Waals surface area contributed by atoms with E-state index in [1.807, 2.05) is 11.5 Å². The van der Waals surface area contributed by atoms with Crippen molar-refractivity contribution in [1.82, 2.24) is 9.55 Å². The zero-order chi connectivity index (χ0) is 11.4. The van der Waals surface area contributed by atoms with Gasteiger partial charge in [0.25, 0.3) is 0 Å². The van der Waals surface area contributed by atoms with Crippen LogP contribution in [0.3, 0.4) is 0 Å². The number of aromatic nitrogens is 2. The third kappa shape index (κ3) is 3.04. The van der Waals surface area contributed by atoms with Crippen LogP contribution in [0.25, 0.3) is 0 Å². The fourth-order valence-electron chi connectivity index (χ4n) is 1.73. The molecule has 0 spiro atoms. The monoisotopic (exact) mass is 211 g/mol. The zero-order valence-corrected chi connectivity index (χ0v) is 9.72. The van der Waals surface area contributed by atoms with Crippen LogP contribution in [-0.4, -0.2) is 20.7 Å². The molecule has 0 amide bonds. The smallest absolute Gasteiger partial charge is 0.111 e. The Labute approximate surface area is 91.1 Å². The summed E-state index contributed by atoms with van der Waals surface area (Å²) in [6, 6.07) is -0.216. The molecule has 0 fully saturated rings. The maximum absolute atomic E-state index is 10.1. The summed E-state index contributed by atoms with van der Waals surface area (Å²) < 4.78 is 1.92. The third-order valence-corrected chi connectivity index (χ3v) is 2.54. The number of nitrogens with zero attached hydrogens (tertiary/aromatic N) is 2. The highest BCUT2D eigenvalue weighted by Gasteiger charge is 2.20. The van der Waals surface area contributed by atoms with E-state index >= 15 is 0 Å². The summed E-state index contributed by atoms with van der Waals surface area (Å²) in [4.78, 5) is 4.02. The topological polar surface area (TPSA) is 64.1 Å². The number of aliphatic hydroxyl groups is 1. The van der Waals surface area contributed by atoms with Crippen molar-refractivity contribution in [3.05, 3.63) is 18.2 Å². The highest BCUT2D eigenvalue weighted by atomic mass is 16.3. The molecule has 0 saturated heterocycles. The lowest BCUT2D eigenvalue weighted by molar-refractivity contribution is 0.128. The first kappa shape index (κ1) is 12.2. The van der Waals surface area contributed by atoms with E-state index in [2.05, 4.69) is 18.8 Å². The van der Waals surface area contributed by atoms with Crippen LogP contribution in [0.2, 0.25) is 0 Å². The molecule has 3 N–H and O–H groups in total. The molecule has 0 bridgehead atoms. The van der Waals surface area contributed by atoms with Gasteiger partial charge in [0.15, 0.2) is 0 Å². The fourth-order valence-corrected chi connectivity index (χ4v) is 1.73. The lowest BCUT2D eigenvalue weighted by Gasteiger charge is -2.21. The van der Waals surface area contributed by atoms with Crippen molar-refractivity contribution in [3.63, 3.8) is 0 Å². The van der Waals surface area contributed by atoms with Gasteiger partial charge in [-0.15, -0.1) is 0 Å². The van der Waals surface area contributed by atoms with Crippen molar-refractivity contribution in [2.45, 2.75) is 45.9 Å². The van der Waals surface area contributed by atoms with Gasteiger partial charge in [-0.1, -0.05) is 13.8 Å². The second-order valence-electron chi connectivity index (χ2n) is 4.34. The molecule has 2 atom stereocenters. The Kier molecular flexibility index (Phi) is 4.29. The van der Waals surface area contributed by atoms with Gasteiger partial charge in [0.1, 0.15) is 6.10 Å². The lowest BCUT2D eigenvalue weighted by Crippen LogP contribution is -2.31. The Balaban J connectivity index is 2.70. The van der Waals surface area contributed by atoms with Gasteiger partial charge in [0.05, 0.1) is 18.2 Å². The average Bonchev–Trinajstić information content (AvgIpc) is 2.62. The second kappa shape index (κ2) is 5.28. The minimum atomic E-state index is -0.616. The minimum absolute atomic E-state index is 0.216. The number of aliphatic hydroxyl groups excluding tert-OH is 1. The third-order valence-electron chi connectivity index (χ3n) is 2.54. The van der Waals surface area contributed by atoms with Gasteiger partial charge in [-0.25, -0.2) is 4.98 Å². The van der Waals surface area contributed by atoms with Gasteiger partial charge < -0.3 is 15.4 Å². The molecular weight excluding hydrogens is 190 g/mol. The van der Waals surface area contributed by atoms with Crippen LogP contribution < -0.4 is 5.73 Å². The summed E-state index contributed by atoms with van der Waals surface area (Å²) >= 11 is 0. The lowest BCUT2D eigenvalue weighted by atomic mass is 9.98. The molecule has 15 heavy (non-hydrogen) atoms. The van der Waals surface area contributed by atoms with Crippen molar-refractivity contribution in [1.29, 1.82) is 0 Å². The molecule has 4 heteroatoms. The maximum Gasteiger partial charge on any atom is 0.111 e. The largest absolute Gasteiger partial charge is 0.385 e. The van der Waals surface area contributed by atoms with E-state index in [4.69, 9.17) is 5.73 Å². The summed E-state index contributed by atoms with van der Waals surface area (Å²) in [6.45, 7) is 7.03. The highest BCUT2D eigenvalue weighted by Crippen LogP contribution is 2.19. The first-order valence-electron chi connectivity index (χ1n) is 5.49. The molecule has 0 aliphatic rings. The summed E-state index contributed by atoms with van der Waals surface area (Å²) in [5.41, 5.74) is 6.75. The van der Waals surface area contributed by atoms with Crippen molar-refractivity contribution < 1.29 is 5.11 Å². The minimum Gasteiger partial charge on any atom is -0.385 e. The molecule has 1 aromatic rings. The van der Waals surface area contributed by atoms with Crippen molar-refractivity contribution >= 4 is 0 Å². The average molecular weight is 211 g/mol. The van der Waals surface area contributed by atoms with Gasteiger partial charge >= 0.3 is 0 Å². The van der Waals surface area contributed by atoms with Gasteiger partial charge in [-0.05, 0) is 19.3 Å². The molecule has 1 rings (SSSR count). The molecular formula is C11H21N3O. The molecule has 0 aliphatic heterocycles. The first-order chi connectivity index (χ1) is 7.06. The van der Waals surface area contributed by atoms with E-state index in [1.54, 1.807) is 12.5 Å². The quantitative estimate of drug-likeness (QED) is 0.771. The number of hydrogen-bond acceptors (Lipinski definition) is 3. The van der Waals surface area contributed by atoms with Crippen molar-refractivity contribution in [3.8, 4) is 0 Å². The van der Waals surface area contributed by atoms with Crippen LogP contribution in [0.5, 0.6) is 0 Å². The Hall–Kier alpha value is -0.870. The first-order valence-corrected chi connectivity index (χ1v) is 5.49. The predicted octanol–water partition coefficient (Wildman–Crippen LogP) is 1.31. The van der Waals surface area contributed by atoms with Gasteiger partial charge in [0, 0.05) is 12.6 Å². The Morgan fingerprint density at radius 2 is 2.20 bits per heavy atom. The van der Waals surface area contributed by atoms with Gasteiger partial charge in [-0.3, -0.25) is 0 Å². The van der Waals surface area contributed by atoms with Crippen LogP contribution in [0, 0.1) is 5.92 Å². The van der Waals surface area contributed by atoms with Crippen LogP contribution in [0.15, 0.2) is 12.5 Å². The summed E-state index contributed by atoms with van der Waals surface area (Å²) in [6.07, 6.45) is 3.61. The summed E-state index contributed by atoms with van der Waals surface area (Å²) in [5.74, 6) is 0.493. The van der Waals surface area contributed by atoms with E-state index in [-0.39, 0.29) is 6.04 Å². The molecule has 0 aromatic carbocycles. The van der Waals surface area contributed by atoms with Crippen molar-refractivity contribution in [2.75, 3.05) is 0 Å². The molecule has 86 valence electrons. The molecule has 4 nitrogen and oxygen atoms in total. The molecule has 0 radical (unpaired) electrons. The SMILES string of the molecule is CCn1cncc1C(O)C(N)CC(C)C. The normalized spacial score (nSPS) is 15.6. The van der Waals surface area contributed by atoms with Crippen LogP contribution in [0.4, 0.5) is 0 Å². The zero-order valence-electron chi connectivity index (χ0n) is 9.72. The maximum atomic E-state index is 10.1. The molecule has 0 saturated carbocycles. The number of hydrogen-bond donors (Lipinski definition) is 2. The second-order valence-corrected chi connectivity index (χ2v) is 4.34. The molecule has 1 aromatic heterocycles. The highest BCUT2D eigenvalue weighted by molar-refractivity contribution is 5.05. The predicted molar refractivity (Wildman–Crippen MR) is 60.3 cm³/mol. The Bertz CT molecular complexity index is 296. The van der Waals surface area contributed by atoms with E-state index in [9.17, 15) is 5.11 Å². The number of nitrogens with two attached hydrogens (primary N) is 1. The number of imidazole rings is 1. The van der Waals surface area contributed by atoms with Crippen molar-refractivity contribution in [2.24, 2.45) is 11.7 Å². The van der Waals surface area contributed by atoms with Crippen LogP contribution in [0.1, 0.15) is 39.0 Å². The molecule has 1 heterocycles. The molecule has 0 aliphatic carbocycles. The van der Waals surface area contributed by atoms with Crippen LogP contribution in [-0.2, 0) is 6.54 Å². The van der Waals surface area contributed by atoms with Gasteiger partial charge in [0.2, 0.25) is 0 Å². The van der Waals surface area contributed by atoms with Gasteiger partial charge in [-0.2, -0.15) is 0 Å². The molecule has 2 unspecified atom stereocenters. The van der Waals surface area contributed by atoms with E-state index in [0.29, 0.717) is 5.92 Å². The van der Waals surface area contributed by atoms with Crippen LogP contribution >= 0.6 is 0 Å². The van der Waals surface area contributed by atoms with E-state index in [1.165, 1.54) is 0 Å². The van der Waals surface area contributed by atoms with E-state index in [0.717, 1.165) is 18.7 Å². The standard InChI is InChI=1S/C11H21N3O/c1-4-14-7-13-6-10(14)11(15)9(12)5-8(2)3/h6-9,11,15H,4-5,12H2,1-3H3. The summed E-state index contributed by atoms with van der Waals surface area (Å²) in [5, 5.41) is 10.1. The number of rotatable bonds is 5.